The fourth-order valence-electron chi connectivity index (χ4n) is 2.35. The number of allylic oxidation sites excluding steroid dienone is 2. The summed E-state index contributed by atoms with van der Waals surface area (Å²) >= 11 is 0. The lowest BCUT2D eigenvalue weighted by molar-refractivity contribution is -0.124. The van der Waals surface area contributed by atoms with E-state index < -0.39 is 16.6 Å². The van der Waals surface area contributed by atoms with Crippen LogP contribution in [0.2, 0.25) is 39.3 Å². The average molecular weight is 326 g/mol. The molecule has 0 aromatic heterocycles. The Morgan fingerprint density at radius 1 is 0.762 bits per heavy atom. The van der Waals surface area contributed by atoms with E-state index in [1.54, 1.807) is 0 Å². The van der Waals surface area contributed by atoms with E-state index in [9.17, 15) is 9.59 Å². The topological polar surface area (TPSA) is 64.6 Å². The lowest BCUT2D eigenvalue weighted by atomic mass is 9.96. The van der Waals surface area contributed by atoms with Crippen LogP contribution in [0, 0.1) is 0 Å². The second-order valence-corrected chi connectivity index (χ2v) is 16.2. The zero-order valence-corrected chi connectivity index (χ0v) is 15.5. The monoisotopic (exact) mass is 325 g/mol. The summed E-state index contributed by atoms with van der Waals surface area (Å²) in [6.45, 7) is 12.6. The number of amides is 2. The molecule has 21 heavy (non-hydrogen) atoms. The molecule has 1 N–H and O–H groups in total. The Labute approximate surface area is 127 Å². The Morgan fingerprint density at radius 3 is 1.38 bits per heavy atom. The van der Waals surface area contributed by atoms with Gasteiger partial charge in [0.15, 0.2) is 0 Å². The summed E-state index contributed by atoms with van der Waals surface area (Å²) in [5.41, 5.74) is 1.08. The number of hydrogen-bond donors (Lipinski definition) is 1. The van der Waals surface area contributed by atoms with Crippen LogP contribution in [0.3, 0.4) is 0 Å². The maximum absolute atomic E-state index is 11.8. The fourth-order valence-corrected chi connectivity index (χ4v) is 4.20. The van der Waals surface area contributed by atoms with Gasteiger partial charge in [-0.25, -0.2) is 0 Å². The molecule has 1 aliphatic carbocycles. The molecule has 2 aliphatic rings. The minimum absolute atomic E-state index is 0.293. The van der Waals surface area contributed by atoms with Gasteiger partial charge in [-0.05, 0) is 39.3 Å². The molecule has 0 saturated heterocycles. The maximum atomic E-state index is 11.8. The van der Waals surface area contributed by atoms with Gasteiger partial charge in [0.2, 0.25) is 16.6 Å². The first kappa shape index (κ1) is 16.0. The zero-order valence-electron chi connectivity index (χ0n) is 13.5. The molecule has 1 heterocycles. The highest BCUT2D eigenvalue weighted by molar-refractivity contribution is 6.70. The van der Waals surface area contributed by atoms with Crippen molar-refractivity contribution in [3.05, 3.63) is 22.7 Å². The molecule has 7 heteroatoms. The summed E-state index contributed by atoms with van der Waals surface area (Å²) < 4.78 is 12.2. The number of imide groups is 1. The number of hydrogen-bond acceptors (Lipinski definition) is 4. The summed E-state index contributed by atoms with van der Waals surface area (Å²) in [7, 11) is -3.61. The molecule has 5 nitrogen and oxygen atoms in total. The molecule has 0 saturated carbocycles. The van der Waals surface area contributed by atoms with Crippen LogP contribution < -0.4 is 5.32 Å². The van der Waals surface area contributed by atoms with Crippen LogP contribution in [0.4, 0.5) is 0 Å². The molecule has 2 amide bonds. The summed E-state index contributed by atoms with van der Waals surface area (Å²) in [6.07, 6.45) is 0.716. The van der Waals surface area contributed by atoms with Crippen molar-refractivity contribution < 1.29 is 18.4 Å². The molecule has 2 rings (SSSR count). The van der Waals surface area contributed by atoms with E-state index in [1.165, 1.54) is 0 Å². The average Bonchev–Trinajstić information content (AvgIpc) is 2.51. The number of carbonyl (C=O) groups is 2. The number of carbonyl (C=O) groups excluding carboxylic acids is 2. The first-order valence-electron chi connectivity index (χ1n) is 7.14. The predicted molar refractivity (Wildman–Crippen MR) is 85.3 cm³/mol. The lowest BCUT2D eigenvalue weighted by Crippen LogP contribution is -2.31. The highest BCUT2D eigenvalue weighted by Gasteiger charge is 2.38. The van der Waals surface area contributed by atoms with Crippen LogP contribution in [0.5, 0.6) is 0 Å². The van der Waals surface area contributed by atoms with Crippen LogP contribution in [0.15, 0.2) is 22.7 Å². The van der Waals surface area contributed by atoms with Crippen molar-refractivity contribution in [1.82, 2.24) is 5.32 Å². The Morgan fingerprint density at radius 2 is 1.10 bits per heavy atom. The molecule has 0 radical (unpaired) electrons. The van der Waals surface area contributed by atoms with Gasteiger partial charge in [-0.2, -0.15) is 0 Å². The highest BCUT2D eigenvalue weighted by Crippen LogP contribution is 2.36. The molecule has 0 aromatic rings. The highest BCUT2D eigenvalue weighted by atomic mass is 28.4. The van der Waals surface area contributed by atoms with Gasteiger partial charge < -0.3 is 8.85 Å². The van der Waals surface area contributed by atoms with Gasteiger partial charge >= 0.3 is 0 Å². The third kappa shape index (κ3) is 3.85. The van der Waals surface area contributed by atoms with E-state index in [-0.39, 0.29) is 11.8 Å². The molecule has 0 bridgehead atoms. The van der Waals surface area contributed by atoms with E-state index in [0.29, 0.717) is 24.0 Å². The van der Waals surface area contributed by atoms with Crippen LogP contribution >= 0.6 is 0 Å². The van der Waals surface area contributed by atoms with E-state index in [2.05, 4.69) is 44.6 Å². The van der Waals surface area contributed by atoms with E-state index in [4.69, 9.17) is 8.85 Å². The van der Waals surface area contributed by atoms with Gasteiger partial charge in [0.05, 0.1) is 0 Å². The van der Waals surface area contributed by atoms with Crippen molar-refractivity contribution in [1.29, 1.82) is 0 Å². The van der Waals surface area contributed by atoms with Gasteiger partial charge in [-0.15, -0.1) is 0 Å². The van der Waals surface area contributed by atoms with Gasteiger partial charge in [0.25, 0.3) is 11.8 Å². The summed E-state index contributed by atoms with van der Waals surface area (Å²) in [6, 6.07) is 0. The molecule has 0 unspecified atom stereocenters. The Bertz CT molecular complexity index is 517. The van der Waals surface area contributed by atoms with E-state index >= 15 is 0 Å². The van der Waals surface area contributed by atoms with Crippen molar-refractivity contribution >= 4 is 28.4 Å². The maximum Gasteiger partial charge on any atom is 0.254 e. The zero-order chi connectivity index (χ0) is 16.0. The third-order valence-corrected chi connectivity index (χ3v) is 4.70. The number of nitrogens with one attached hydrogen (secondary N) is 1. The molecule has 0 spiro atoms. The Kier molecular flexibility index (Phi) is 3.92. The molecule has 0 aromatic carbocycles. The first-order valence-corrected chi connectivity index (χ1v) is 14.0. The van der Waals surface area contributed by atoms with Crippen LogP contribution in [0.25, 0.3) is 0 Å². The largest absolute Gasteiger partial charge is 0.545 e. The molecule has 0 atom stereocenters. The molecular weight excluding hydrogens is 302 g/mol. The smallest absolute Gasteiger partial charge is 0.254 e. The van der Waals surface area contributed by atoms with Crippen LogP contribution in [0.1, 0.15) is 12.8 Å². The molecule has 1 aliphatic heterocycles. The van der Waals surface area contributed by atoms with Crippen LogP contribution in [-0.2, 0) is 18.4 Å². The van der Waals surface area contributed by atoms with Gasteiger partial charge in [0.1, 0.15) is 11.5 Å². The van der Waals surface area contributed by atoms with E-state index in [0.717, 1.165) is 11.5 Å². The number of rotatable bonds is 4. The van der Waals surface area contributed by atoms with Crippen molar-refractivity contribution in [2.45, 2.75) is 52.1 Å². The minimum atomic E-state index is -1.81. The van der Waals surface area contributed by atoms with Crippen molar-refractivity contribution in [2.24, 2.45) is 0 Å². The van der Waals surface area contributed by atoms with Gasteiger partial charge in [0, 0.05) is 24.0 Å². The normalized spacial score (nSPS) is 19.7. The van der Waals surface area contributed by atoms with E-state index in [1.807, 2.05) is 0 Å². The standard InChI is InChI=1S/C14H23NO4Si2/c1-20(2,3)18-11-7-9-10(14(17)15-13(9)16)8-12(11)19-21(4,5)6/h7-8H2,1-6H3,(H,15,16,17). The quantitative estimate of drug-likeness (QED) is 0.637. The first-order chi connectivity index (χ1) is 9.46. The second-order valence-electron chi connectivity index (χ2n) is 7.37. The summed E-state index contributed by atoms with van der Waals surface area (Å²) in [5, 5.41) is 2.36. The van der Waals surface area contributed by atoms with Gasteiger partial charge in [-0.1, -0.05) is 0 Å². The molecule has 116 valence electrons. The minimum Gasteiger partial charge on any atom is -0.545 e. The van der Waals surface area contributed by atoms with Crippen molar-refractivity contribution in [3.63, 3.8) is 0 Å². The van der Waals surface area contributed by atoms with Crippen molar-refractivity contribution in [2.75, 3.05) is 0 Å². The van der Waals surface area contributed by atoms with Crippen molar-refractivity contribution in [3.8, 4) is 0 Å². The van der Waals surface area contributed by atoms with Crippen LogP contribution in [-0.4, -0.2) is 28.4 Å². The Balaban J connectivity index is 2.34. The molecule has 0 fully saturated rings. The second kappa shape index (κ2) is 5.13. The lowest BCUT2D eigenvalue weighted by Gasteiger charge is -2.30. The van der Waals surface area contributed by atoms with Gasteiger partial charge in [-0.3, -0.25) is 14.9 Å². The Hall–Kier alpha value is -1.35. The third-order valence-electron chi connectivity index (χ3n) is 2.98. The summed E-state index contributed by atoms with van der Waals surface area (Å²) in [4.78, 5) is 23.7. The summed E-state index contributed by atoms with van der Waals surface area (Å²) in [5.74, 6) is 0.887. The SMILES string of the molecule is C[Si](C)(C)OC1=C(O[Si](C)(C)C)CC2=C(C1)C(=O)NC2=O. The molecular formula is C14H23NO4Si2. The fraction of sp³-hybridized carbons (Fsp3) is 0.571. The predicted octanol–water partition coefficient (Wildman–Crippen LogP) is 2.65.